The maximum Gasteiger partial charge on any atom is 0.225 e. The van der Waals surface area contributed by atoms with Crippen molar-refractivity contribution in [3.8, 4) is 0 Å². The Morgan fingerprint density at radius 2 is 1.88 bits per heavy atom. The minimum absolute atomic E-state index is 0.539. The molecule has 1 aliphatic rings. The molecule has 1 saturated carbocycles. The summed E-state index contributed by atoms with van der Waals surface area (Å²) in [5.41, 5.74) is 0.514. The topological polar surface area (TPSA) is 49.2 Å². The number of likely N-dealkylation sites (N-methyl/N-ethyl adjacent to an activating group) is 1. The summed E-state index contributed by atoms with van der Waals surface area (Å²) in [5.74, 6) is 0.686. The fourth-order valence-corrected chi connectivity index (χ4v) is 2.29. The van der Waals surface area contributed by atoms with Crippen LogP contribution in [-0.2, 0) is 0 Å². The predicted molar refractivity (Wildman–Crippen MR) is 63.5 cm³/mol. The summed E-state index contributed by atoms with van der Waals surface area (Å²) >= 11 is 0. The van der Waals surface area contributed by atoms with E-state index in [4.69, 9.17) is 0 Å². The average molecular weight is 221 g/mol. The van der Waals surface area contributed by atoms with Crippen molar-refractivity contribution in [1.82, 2.24) is 9.97 Å². The Morgan fingerprint density at radius 1 is 1.31 bits per heavy atom. The minimum atomic E-state index is -0.539. The van der Waals surface area contributed by atoms with Gasteiger partial charge in [-0.2, -0.15) is 0 Å². The lowest BCUT2D eigenvalue weighted by Gasteiger charge is -2.28. The van der Waals surface area contributed by atoms with Gasteiger partial charge in [-0.15, -0.1) is 0 Å². The Morgan fingerprint density at radius 3 is 2.44 bits per heavy atom. The Labute approximate surface area is 96.3 Å². The number of aryl methyl sites for hydroxylation is 1. The monoisotopic (exact) mass is 221 g/mol. The molecule has 2 rings (SSSR count). The molecule has 0 unspecified atom stereocenters. The smallest absolute Gasteiger partial charge is 0.225 e. The van der Waals surface area contributed by atoms with E-state index in [-0.39, 0.29) is 0 Å². The molecule has 0 amide bonds. The third-order valence-corrected chi connectivity index (χ3v) is 3.17. The lowest BCUT2D eigenvalue weighted by atomic mass is 10.0. The fourth-order valence-electron chi connectivity index (χ4n) is 2.29. The van der Waals surface area contributed by atoms with Gasteiger partial charge in [0.05, 0.1) is 5.60 Å². The highest BCUT2D eigenvalue weighted by Crippen LogP contribution is 2.30. The zero-order valence-electron chi connectivity index (χ0n) is 9.98. The molecule has 0 radical (unpaired) electrons. The van der Waals surface area contributed by atoms with Crippen molar-refractivity contribution in [3.63, 3.8) is 0 Å². The number of hydrogen-bond donors (Lipinski definition) is 1. The normalized spacial score (nSPS) is 18.7. The van der Waals surface area contributed by atoms with Crippen LogP contribution in [0.3, 0.4) is 0 Å². The molecule has 0 saturated heterocycles. The summed E-state index contributed by atoms with van der Waals surface area (Å²) in [6.45, 7) is 2.59. The van der Waals surface area contributed by atoms with Gasteiger partial charge in [0.2, 0.25) is 5.95 Å². The van der Waals surface area contributed by atoms with Gasteiger partial charge in [0.1, 0.15) is 0 Å². The van der Waals surface area contributed by atoms with Crippen molar-refractivity contribution < 1.29 is 5.11 Å². The molecule has 4 nitrogen and oxygen atoms in total. The van der Waals surface area contributed by atoms with Crippen LogP contribution >= 0.6 is 0 Å². The molecule has 0 bridgehead atoms. The second-order valence-electron chi connectivity index (χ2n) is 4.85. The Bertz CT molecular complexity index is 344. The van der Waals surface area contributed by atoms with Gasteiger partial charge in [0, 0.05) is 26.0 Å². The molecule has 1 fully saturated rings. The van der Waals surface area contributed by atoms with E-state index in [2.05, 4.69) is 9.97 Å². The molecule has 1 heterocycles. The first-order chi connectivity index (χ1) is 7.59. The number of aliphatic hydroxyl groups is 1. The van der Waals surface area contributed by atoms with Crippen LogP contribution in [0.15, 0.2) is 12.4 Å². The molecular formula is C12H19N3O. The third-order valence-electron chi connectivity index (χ3n) is 3.17. The maximum atomic E-state index is 10.3. The van der Waals surface area contributed by atoms with Gasteiger partial charge in [-0.1, -0.05) is 12.8 Å². The Hall–Kier alpha value is -1.16. The van der Waals surface area contributed by atoms with E-state index in [9.17, 15) is 5.11 Å². The molecule has 16 heavy (non-hydrogen) atoms. The SMILES string of the molecule is Cc1cnc(N(C)CC2(O)CCCC2)nc1. The third kappa shape index (κ3) is 2.50. The molecule has 1 aromatic rings. The Kier molecular flexibility index (Phi) is 3.10. The first-order valence-corrected chi connectivity index (χ1v) is 5.81. The van der Waals surface area contributed by atoms with Gasteiger partial charge >= 0.3 is 0 Å². The molecule has 1 aliphatic carbocycles. The van der Waals surface area contributed by atoms with Crippen molar-refractivity contribution in [2.45, 2.75) is 38.2 Å². The van der Waals surface area contributed by atoms with Gasteiger partial charge in [-0.05, 0) is 25.3 Å². The summed E-state index contributed by atoms with van der Waals surface area (Å²) in [7, 11) is 1.93. The average Bonchev–Trinajstić information content (AvgIpc) is 2.65. The largest absolute Gasteiger partial charge is 0.388 e. The standard InChI is InChI=1S/C12H19N3O/c1-10-7-13-11(14-8-10)15(2)9-12(16)5-3-4-6-12/h7-8,16H,3-6,9H2,1-2H3. The summed E-state index contributed by atoms with van der Waals surface area (Å²) in [6, 6.07) is 0. The molecular weight excluding hydrogens is 202 g/mol. The molecule has 0 aliphatic heterocycles. The molecule has 0 atom stereocenters. The molecule has 88 valence electrons. The molecule has 4 heteroatoms. The van der Waals surface area contributed by atoms with E-state index in [1.165, 1.54) is 0 Å². The van der Waals surface area contributed by atoms with Gasteiger partial charge in [0.15, 0.2) is 0 Å². The fraction of sp³-hybridized carbons (Fsp3) is 0.667. The van der Waals surface area contributed by atoms with E-state index >= 15 is 0 Å². The Balaban J connectivity index is 2.02. The summed E-state index contributed by atoms with van der Waals surface area (Å²) in [6.07, 6.45) is 7.64. The van der Waals surface area contributed by atoms with Crippen LogP contribution in [0.5, 0.6) is 0 Å². The van der Waals surface area contributed by atoms with Crippen molar-refractivity contribution in [1.29, 1.82) is 0 Å². The van der Waals surface area contributed by atoms with Crippen molar-refractivity contribution >= 4 is 5.95 Å². The zero-order valence-corrected chi connectivity index (χ0v) is 9.98. The van der Waals surface area contributed by atoms with Crippen molar-refractivity contribution in [3.05, 3.63) is 18.0 Å². The summed E-state index contributed by atoms with van der Waals surface area (Å²) in [5, 5.41) is 10.3. The van der Waals surface area contributed by atoms with Crippen LogP contribution < -0.4 is 4.90 Å². The van der Waals surface area contributed by atoms with Gasteiger partial charge in [-0.25, -0.2) is 9.97 Å². The molecule has 0 spiro atoms. The van der Waals surface area contributed by atoms with E-state index in [0.717, 1.165) is 31.2 Å². The molecule has 1 N–H and O–H groups in total. The van der Waals surface area contributed by atoms with Crippen LogP contribution in [0, 0.1) is 6.92 Å². The molecule has 1 aromatic heterocycles. The minimum Gasteiger partial charge on any atom is -0.388 e. The highest BCUT2D eigenvalue weighted by Gasteiger charge is 2.32. The number of hydrogen-bond acceptors (Lipinski definition) is 4. The lowest BCUT2D eigenvalue weighted by molar-refractivity contribution is 0.0556. The van der Waals surface area contributed by atoms with Crippen LogP contribution in [-0.4, -0.2) is 34.3 Å². The van der Waals surface area contributed by atoms with Crippen LogP contribution in [0.4, 0.5) is 5.95 Å². The van der Waals surface area contributed by atoms with Gasteiger partial charge < -0.3 is 10.0 Å². The van der Waals surface area contributed by atoms with E-state index in [1.54, 1.807) is 12.4 Å². The number of rotatable bonds is 3. The quantitative estimate of drug-likeness (QED) is 0.841. The van der Waals surface area contributed by atoms with Crippen LogP contribution in [0.2, 0.25) is 0 Å². The predicted octanol–water partition coefficient (Wildman–Crippen LogP) is 1.53. The van der Waals surface area contributed by atoms with Gasteiger partial charge in [-0.3, -0.25) is 0 Å². The number of anilines is 1. The first-order valence-electron chi connectivity index (χ1n) is 5.81. The van der Waals surface area contributed by atoms with E-state index < -0.39 is 5.60 Å². The summed E-state index contributed by atoms with van der Waals surface area (Å²) in [4.78, 5) is 10.4. The number of aromatic nitrogens is 2. The van der Waals surface area contributed by atoms with E-state index in [1.807, 2.05) is 18.9 Å². The second kappa shape index (κ2) is 4.37. The second-order valence-corrected chi connectivity index (χ2v) is 4.85. The van der Waals surface area contributed by atoms with Crippen LogP contribution in [0.25, 0.3) is 0 Å². The van der Waals surface area contributed by atoms with Crippen molar-refractivity contribution in [2.75, 3.05) is 18.5 Å². The summed E-state index contributed by atoms with van der Waals surface area (Å²) < 4.78 is 0. The lowest BCUT2D eigenvalue weighted by Crippen LogP contribution is -2.39. The highest BCUT2D eigenvalue weighted by atomic mass is 16.3. The van der Waals surface area contributed by atoms with Gasteiger partial charge in [0.25, 0.3) is 0 Å². The molecule has 0 aromatic carbocycles. The maximum absolute atomic E-state index is 10.3. The highest BCUT2D eigenvalue weighted by molar-refractivity contribution is 5.29. The van der Waals surface area contributed by atoms with E-state index in [0.29, 0.717) is 12.5 Å². The first kappa shape index (κ1) is 11.3. The number of nitrogens with zero attached hydrogens (tertiary/aromatic N) is 3. The van der Waals surface area contributed by atoms with Crippen molar-refractivity contribution in [2.24, 2.45) is 0 Å². The van der Waals surface area contributed by atoms with Crippen LogP contribution in [0.1, 0.15) is 31.2 Å². The zero-order chi connectivity index (χ0) is 11.6.